The molecular weight excluding hydrogens is 332 g/mol. The summed E-state index contributed by atoms with van der Waals surface area (Å²) in [7, 11) is -1.82. The molecule has 0 unspecified atom stereocenters. The van der Waals surface area contributed by atoms with Gasteiger partial charge >= 0.3 is 0 Å². The zero-order chi connectivity index (χ0) is 16.3. The van der Waals surface area contributed by atoms with Crippen molar-refractivity contribution in [1.82, 2.24) is 14.7 Å². The molecule has 0 atom stereocenters. The molecule has 2 heterocycles. The molecule has 0 spiro atoms. The Labute approximate surface area is 138 Å². The molecule has 3 aromatic rings. The van der Waals surface area contributed by atoms with Crippen LogP contribution < -0.4 is 10.0 Å². The van der Waals surface area contributed by atoms with E-state index in [-0.39, 0.29) is 5.75 Å². The van der Waals surface area contributed by atoms with Crippen LogP contribution in [-0.2, 0) is 22.3 Å². The lowest BCUT2D eigenvalue weighted by Crippen LogP contribution is -2.20. The van der Waals surface area contributed by atoms with E-state index >= 15 is 0 Å². The number of benzene rings is 1. The fourth-order valence-corrected chi connectivity index (χ4v) is 3.73. The largest absolute Gasteiger partial charge is 0.365 e. The summed E-state index contributed by atoms with van der Waals surface area (Å²) in [5.41, 5.74) is 2.74. The van der Waals surface area contributed by atoms with E-state index in [2.05, 4.69) is 20.0 Å². The van der Waals surface area contributed by atoms with Crippen LogP contribution in [0.4, 0.5) is 5.82 Å². The van der Waals surface area contributed by atoms with Crippen LogP contribution in [-0.4, -0.2) is 25.4 Å². The summed E-state index contributed by atoms with van der Waals surface area (Å²) in [6, 6.07) is 9.45. The first kappa shape index (κ1) is 15.9. The number of nitrogens with one attached hydrogen (secondary N) is 2. The van der Waals surface area contributed by atoms with E-state index < -0.39 is 10.0 Å². The lowest BCUT2D eigenvalue weighted by atomic mass is 10.1. The third kappa shape index (κ3) is 3.84. The lowest BCUT2D eigenvalue weighted by Gasteiger charge is -2.08. The summed E-state index contributed by atoms with van der Waals surface area (Å²) in [6.45, 7) is 0.614. The summed E-state index contributed by atoms with van der Waals surface area (Å²) in [5, 5.41) is 5.29. The van der Waals surface area contributed by atoms with Crippen molar-refractivity contribution in [1.29, 1.82) is 0 Å². The van der Waals surface area contributed by atoms with Crippen molar-refractivity contribution in [2.24, 2.45) is 0 Å². The molecule has 1 aromatic carbocycles. The van der Waals surface area contributed by atoms with Crippen molar-refractivity contribution in [3.63, 3.8) is 0 Å². The summed E-state index contributed by atoms with van der Waals surface area (Å²) >= 11 is 1.60. The number of nitrogens with zero attached hydrogens (tertiary/aromatic N) is 2. The Bertz CT molecular complexity index is 905. The van der Waals surface area contributed by atoms with Crippen LogP contribution in [0.2, 0.25) is 0 Å². The van der Waals surface area contributed by atoms with Gasteiger partial charge in [0.25, 0.3) is 0 Å². The van der Waals surface area contributed by atoms with Gasteiger partial charge in [0.1, 0.15) is 12.1 Å². The van der Waals surface area contributed by atoms with Gasteiger partial charge in [-0.1, -0.05) is 24.3 Å². The van der Waals surface area contributed by atoms with Gasteiger partial charge in [-0.15, -0.1) is 11.3 Å². The van der Waals surface area contributed by atoms with E-state index in [0.29, 0.717) is 6.54 Å². The van der Waals surface area contributed by atoms with Gasteiger partial charge in [0, 0.05) is 6.54 Å². The normalized spacial score (nSPS) is 11.7. The van der Waals surface area contributed by atoms with E-state index in [1.165, 1.54) is 7.05 Å². The molecule has 3 rings (SSSR count). The number of hydrogen-bond acceptors (Lipinski definition) is 6. The zero-order valence-electron chi connectivity index (χ0n) is 12.5. The second-order valence-corrected chi connectivity index (χ2v) is 7.83. The van der Waals surface area contributed by atoms with Gasteiger partial charge in [-0.2, -0.15) is 0 Å². The number of aromatic nitrogens is 2. The van der Waals surface area contributed by atoms with Gasteiger partial charge in [-0.05, 0) is 29.6 Å². The Kier molecular flexibility index (Phi) is 4.56. The van der Waals surface area contributed by atoms with Gasteiger partial charge in [-0.25, -0.2) is 23.1 Å². The van der Waals surface area contributed by atoms with Gasteiger partial charge in [0.15, 0.2) is 0 Å². The van der Waals surface area contributed by atoms with Crippen molar-refractivity contribution >= 4 is 37.4 Å². The summed E-state index contributed by atoms with van der Waals surface area (Å²) in [4.78, 5) is 8.48. The average molecular weight is 348 g/mol. The molecule has 0 aliphatic carbocycles. The van der Waals surface area contributed by atoms with Gasteiger partial charge in [-0.3, -0.25) is 0 Å². The second-order valence-electron chi connectivity index (χ2n) is 4.99. The summed E-state index contributed by atoms with van der Waals surface area (Å²) in [6.07, 6.45) is 1.54. The van der Waals surface area contributed by atoms with Gasteiger partial charge < -0.3 is 5.32 Å². The average Bonchev–Trinajstić information content (AvgIpc) is 3.03. The number of rotatable bonds is 6. The highest BCUT2D eigenvalue weighted by Gasteiger charge is 2.08. The Balaban J connectivity index is 1.68. The van der Waals surface area contributed by atoms with E-state index in [9.17, 15) is 8.42 Å². The predicted molar refractivity (Wildman–Crippen MR) is 92.9 cm³/mol. The molecule has 0 amide bonds. The van der Waals surface area contributed by atoms with Gasteiger partial charge in [0.2, 0.25) is 10.0 Å². The minimum Gasteiger partial charge on any atom is -0.365 e. The quantitative estimate of drug-likeness (QED) is 0.714. The van der Waals surface area contributed by atoms with Crippen molar-refractivity contribution in [3.8, 4) is 0 Å². The molecule has 0 bridgehead atoms. The van der Waals surface area contributed by atoms with Crippen molar-refractivity contribution in [2.45, 2.75) is 12.3 Å². The Morgan fingerprint density at radius 3 is 2.57 bits per heavy atom. The summed E-state index contributed by atoms with van der Waals surface area (Å²) in [5.74, 6) is 0.797. The van der Waals surface area contributed by atoms with Crippen LogP contribution in [0.1, 0.15) is 11.1 Å². The maximum absolute atomic E-state index is 11.5. The van der Waals surface area contributed by atoms with Crippen molar-refractivity contribution in [3.05, 3.63) is 53.2 Å². The van der Waals surface area contributed by atoms with Gasteiger partial charge in [0.05, 0.1) is 16.0 Å². The molecule has 0 aliphatic rings. The molecule has 0 aliphatic heterocycles. The van der Waals surface area contributed by atoms with Crippen LogP contribution in [0.3, 0.4) is 0 Å². The molecule has 0 saturated carbocycles. The van der Waals surface area contributed by atoms with Crippen molar-refractivity contribution < 1.29 is 8.42 Å². The number of hydrogen-bond donors (Lipinski definition) is 2. The second kappa shape index (κ2) is 6.61. The molecule has 0 saturated heterocycles. The molecule has 0 radical (unpaired) electrons. The molecule has 0 fully saturated rings. The SMILES string of the molecule is CNS(=O)(=O)Cc1ccc(CNc2ncnc3ccsc23)cc1. The first-order valence-electron chi connectivity index (χ1n) is 6.98. The Hall–Kier alpha value is -2.03. The maximum atomic E-state index is 11.5. The molecule has 8 heteroatoms. The van der Waals surface area contributed by atoms with Crippen LogP contribution >= 0.6 is 11.3 Å². The number of sulfonamides is 1. The minimum atomic E-state index is -3.24. The molecule has 6 nitrogen and oxygen atoms in total. The van der Waals surface area contributed by atoms with Crippen LogP contribution in [0.5, 0.6) is 0 Å². The monoisotopic (exact) mass is 348 g/mol. The standard InChI is InChI=1S/C15H16N4O2S2/c1-16-23(20,21)9-12-4-2-11(3-5-12)8-17-15-14-13(6-7-22-14)18-10-19-15/h2-7,10,16H,8-9H2,1H3,(H,17,18,19). The van der Waals surface area contributed by atoms with Crippen LogP contribution in [0, 0.1) is 0 Å². The van der Waals surface area contributed by atoms with Crippen molar-refractivity contribution in [2.75, 3.05) is 12.4 Å². The highest BCUT2D eigenvalue weighted by atomic mass is 32.2. The summed E-state index contributed by atoms with van der Waals surface area (Å²) < 4.78 is 26.4. The third-order valence-electron chi connectivity index (χ3n) is 3.39. The molecule has 2 N–H and O–H groups in total. The number of thiophene rings is 1. The fraction of sp³-hybridized carbons (Fsp3) is 0.200. The Morgan fingerprint density at radius 1 is 1.09 bits per heavy atom. The highest BCUT2D eigenvalue weighted by molar-refractivity contribution is 7.88. The molecular formula is C15H16N4O2S2. The fourth-order valence-electron chi connectivity index (χ4n) is 2.15. The molecule has 120 valence electrons. The molecule has 23 heavy (non-hydrogen) atoms. The first-order valence-corrected chi connectivity index (χ1v) is 9.52. The number of fused-ring (bicyclic) bond motifs is 1. The Morgan fingerprint density at radius 2 is 1.83 bits per heavy atom. The highest BCUT2D eigenvalue weighted by Crippen LogP contribution is 2.25. The number of anilines is 1. The van der Waals surface area contributed by atoms with E-state index in [1.54, 1.807) is 17.7 Å². The van der Waals surface area contributed by atoms with E-state index in [1.807, 2.05) is 35.7 Å². The van der Waals surface area contributed by atoms with Crippen LogP contribution in [0.25, 0.3) is 10.2 Å². The van der Waals surface area contributed by atoms with E-state index in [0.717, 1.165) is 27.2 Å². The minimum absolute atomic E-state index is 0.0149. The van der Waals surface area contributed by atoms with Crippen LogP contribution in [0.15, 0.2) is 42.0 Å². The zero-order valence-corrected chi connectivity index (χ0v) is 14.1. The maximum Gasteiger partial charge on any atom is 0.215 e. The predicted octanol–water partition coefficient (Wildman–Crippen LogP) is 2.35. The third-order valence-corrected chi connectivity index (χ3v) is 5.64. The topological polar surface area (TPSA) is 84.0 Å². The van der Waals surface area contributed by atoms with E-state index in [4.69, 9.17) is 0 Å². The lowest BCUT2D eigenvalue weighted by molar-refractivity contribution is 0.587. The first-order chi connectivity index (χ1) is 11.1. The molecule has 2 aromatic heterocycles. The smallest absolute Gasteiger partial charge is 0.215 e.